The number of halogens is 2. The third-order valence-corrected chi connectivity index (χ3v) is 10.9. The van der Waals surface area contributed by atoms with E-state index in [1.807, 2.05) is 30.6 Å². The molecule has 0 N–H and O–H groups in total. The fraction of sp³-hybridized carbons (Fsp3) is 0.750. The molecule has 0 aromatic heterocycles. The third kappa shape index (κ3) is 6.93. The summed E-state index contributed by atoms with van der Waals surface area (Å²) in [5.74, 6) is -2.55. The fourth-order valence-electron chi connectivity index (χ4n) is 7.85. The zero-order valence-corrected chi connectivity index (χ0v) is 28.7. The monoisotopic (exact) mass is 628 g/mol. The molecule has 3 aliphatic heterocycles. The molecule has 3 saturated heterocycles. The van der Waals surface area contributed by atoms with E-state index in [0.29, 0.717) is 38.2 Å². The third-order valence-electron chi connectivity index (χ3n) is 10.9. The van der Waals surface area contributed by atoms with Gasteiger partial charge in [-0.25, -0.2) is 8.78 Å². The van der Waals surface area contributed by atoms with Gasteiger partial charge in [-0.2, -0.15) is 0 Å². The van der Waals surface area contributed by atoms with E-state index < -0.39 is 34.9 Å². The van der Waals surface area contributed by atoms with Crippen molar-refractivity contribution in [3.63, 3.8) is 0 Å². The van der Waals surface area contributed by atoms with Gasteiger partial charge in [0.25, 0.3) is 0 Å². The lowest BCUT2D eigenvalue weighted by Crippen LogP contribution is -2.54. The maximum absolute atomic E-state index is 15.2. The highest BCUT2D eigenvalue weighted by atomic mass is 19.1. The summed E-state index contributed by atoms with van der Waals surface area (Å²) in [5.41, 5.74) is -0.315. The molecular weight excluding hydrogens is 574 g/mol. The van der Waals surface area contributed by atoms with Gasteiger partial charge in [0.15, 0.2) is 0 Å². The largest absolute Gasteiger partial charge is 0.341 e. The Hall–Kier alpha value is -2.55. The van der Waals surface area contributed by atoms with Crippen molar-refractivity contribution in [3.8, 4) is 0 Å². The van der Waals surface area contributed by atoms with Crippen molar-refractivity contribution >= 4 is 17.7 Å². The molecule has 3 heterocycles. The molecule has 3 amide bonds. The Morgan fingerprint density at radius 1 is 0.889 bits per heavy atom. The van der Waals surface area contributed by atoms with Gasteiger partial charge in [-0.15, -0.1) is 0 Å². The summed E-state index contributed by atoms with van der Waals surface area (Å²) in [7, 11) is 0. The van der Waals surface area contributed by atoms with Gasteiger partial charge < -0.3 is 14.7 Å². The van der Waals surface area contributed by atoms with Crippen LogP contribution in [0.25, 0.3) is 0 Å². The number of hydrogen-bond acceptors (Lipinski definition) is 4. The Morgan fingerprint density at radius 2 is 1.53 bits per heavy atom. The van der Waals surface area contributed by atoms with Crippen LogP contribution in [-0.4, -0.2) is 93.7 Å². The maximum atomic E-state index is 15.2. The second kappa shape index (κ2) is 12.2. The van der Waals surface area contributed by atoms with Crippen LogP contribution in [0.3, 0.4) is 0 Å². The summed E-state index contributed by atoms with van der Waals surface area (Å²) < 4.78 is 29.2. The van der Waals surface area contributed by atoms with E-state index in [1.165, 1.54) is 12.1 Å². The smallest absolute Gasteiger partial charge is 0.245 e. The zero-order chi connectivity index (χ0) is 33.1. The van der Waals surface area contributed by atoms with Crippen LogP contribution in [0.15, 0.2) is 18.2 Å². The lowest BCUT2D eigenvalue weighted by atomic mass is 9.74. The van der Waals surface area contributed by atoms with Crippen molar-refractivity contribution in [2.75, 3.05) is 32.7 Å². The fourth-order valence-corrected chi connectivity index (χ4v) is 7.85. The average molecular weight is 629 g/mol. The summed E-state index contributed by atoms with van der Waals surface area (Å²) >= 11 is 0. The van der Waals surface area contributed by atoms with E-state index in [4.69, 9.17) is 0 Å². The van der Waals surface area contributed by atoms with Crippen LogP contribution < -0.4 is 0 Å². The van der Waals surface area contributed by atoms with Crippen LogP contribution in [0.5, 0.6) is 0 Å². The first kappa shape index (κ1) is 33.8. The van der Waals surface area contributed by atoms with E-state index in [0.717, 1.165) is 38.2 Å². The second-order valence-corrected chi connectivity index (χ2v) is 16.9. The van der Waals surface area contributed by atoms with Gasteiger partial charge in [0, 0.05) is 61.7 Å². The normalized spacial score (nSPS) is 27.9. The van der Waals surface area contributed by atoms with Gasteiger partial charge in [0.1, 0.15) is 17.7 Å². The summed E-state index contributed by atoms with van der Waals surface area (Å²) in [4.78, 5) is 50.6. The first-order valence-electron chi connectivity index (χ1n) is 17.0. The Balaban J connectivity index is 1.49. The Morgan fingerprint density at radius 3 is 2.07 bits per heavy atom. The Bertz CT molecular complexity index is 1290. The molecule has 7 nitrogen and oxygen atoms in total. The van der Waals surface area contributed by atoms with Crippen LogP contribution >= 0.6 is 0 Å². The van der Waals surface area contributed by atoms with Gasteiger partial charge in [-0.3, -0.25) is 19.3 Å². The molecule has 5 rings (SSSR count). The van der Waals surface area contributed by atoms with Crippen LogP contribution in [0.2, 0.25) is 0 Å². The molecule has 4 aliphatic rings. The molecule has 1 saturated carbocycles. The van der Waals surface area contributed by atoms with Crippen LogP contribution in [0.1, 0.15) is 105 Å². The number of carbonyl (C=O) groups excluding carboxylic acids is 3. The number of rotatable bonds is 5. The molecule has 0 unspecified atom stereocenters. The lowest BCUT2D eigenvalue weighted by molar-refractivity contribution is -0.148. The van der Waals surface area contributed by atoms with Crippen molar-refractivity contribution in [2.24, 2.45) is 16.7 Å². The van der Waals surface area contributed by atoms with E-state index in [-0.39, 0.29) is 47.3 Å². The SMILES string of the molecule is CC1(C)CCC(N(C(=O)C(C)(C)C)[C@H]2C[C@@H](C(=O)N3CCC3)N(C(=O)[C@@H]3CN(C(C)(C)C)C[C@H]3c3ccc(F)cc3F)C2)CC1. The van der Waals surface area contributed by atoms with Crippen LogP contribution in [0, 0.1) is 28.4 Å². The molecule has 4 atom stereocenters. The lowest BCUT2D eigenvalue weighted by Gasteiger charge is -2.45. The highest BCUT2D eigenvalue weighted by Gasteiger charge is 2.52. The van der Waals surface area contributed by atoms with Crippen molar-refractivity contribution in [1.82, 2.24) is 19.6 Å². The molecule has 45 heavy (non-hydrogen) atoms. The molecule has 1 aliphatic carbocycles. The molecule has 1 aromatic rings. The summed E-state index contributed by atoms with van der Waals surface area (Å²) in [6.45, 7) is 19.1. The van der Waals surface area contributed by atoms with Gasteiger partial charge in [0.2, 0.25) is 17.7 Å². The van der Waals surface area contributed by atoms with Crippen molar-refractivity contribution in [1.29, 1.82) is 0 Å². The predicted molar refractivity (Wildman–Crippen MR) is 171 cm³/mol. The van der Waals surface area contributed by atoms with Crippen LogP contribution in [0.4, 0.5) is 8.78 Å². The number of amides is 3. The molecule has 0 bridgehead atoms. The number of benzene rings is 1. The Labute approximate surface area is 268 Å². The maximum Gasteiger partial charge on any atom is 0.245 e. The standard InChI is InChI=1S/C36H54F2N4O3/c1-34(2,3)33(45)42(24-12-14-36(7,8)15-13-24)25-19-30(32(44)39-16-9-17-39)41(20-25)31(43)28-22-40(35(4,5)6)21-27(28)26-11-10-23(37)18-29(26)38/h10-11,18,24-25,27-28,30H,9,12-17,19-22H2,1-8H3/t25-,27-,28+,30-/m0/s1. The van der Waals surface area contributed by atoms with E-state index in [9.17, 15) is 18.8 Å². The quantitative estimate of drug-likeness (QED) is 0.412. The predicted octanol–water partition coefficient (Wildman–Crippen LogP) is 5.82. The Kier molecular flexibility index (Phi) is 9.19. The second-order valence-electron chi connectivity index (χ2n) is 16.9. The van der Waals surface area contributed by atoms with E-state index in [1.54, 1.807) is 4.90 Å². The first-order valence-corrected chi connectivity index (χ1v) is 17.0. The highest BCUT2D eigenvalue weighted by Crippen LogP contribution is 2.43. The average Bonchev–Trinajstić information content (AvgIpc) is 3.53. The number of hydrogen-bond donors (Lipinski definition) is 0. The highest BCUT2D eigenvalue weighted by molar-refractivity contribution is 5.91. The van der Waals surface area contributed by atoms with Gasteiger partial charge in [0.05, 0.1) is 12.0 Å². The molecule has 4 fully saturated rings. The van der Waals surface area contributed by atoms with Gasteiger partial charge >= 0.3 is 0 Å². The topological polar surface area (TPSA) is 64.2 Å². The number of nitrogens with zero attached hydrogens (tertiary/aromatic N) is 4. The summed E-state index contributed by atoms with van der Waals surface area (Å²) in [6, 6.07) is 2.73. The molecule has 0 spiro atoms. The molecule has 9 heteroatoms. The molecule has 1 aromatic carbocycles. The first-order chi connectivity index (χ1) is 20.9. The molecular formula is C36H54F2N4O3. The summed E-state index contributed by atoms with van der Waals surface area (Å²) in [6.07, 6.45) is 5.20. The number of likely N-dealkylation sites (tertiary alicyclic amines) is 3. The van der Waals surface area contributed by atoms with Gasteiger partial charge in [-0.1, -0.05) is 40.7 Å². The van der Waals surface area contributed by atoms with Gasteiger partial charge in [-0.05, 0) is 76.3 Å². The minimum absolute atomic E-state index is 0.0553. The zero-order valence-electron chi connectivity index (χ0n) is 28.7. The van der Waals surface area contributed by atoms with E-state index in [2.05, 4.69) is 39.5 Å². The molecule has 0 radical (unpaired) electrons. The number of carbonyl (C=O) groups is 3. The van der Waals surface area contributed by atoms with E-state index >= 15 is 4.39 Å². The minimum atomic E-state index is -0.666. The van der Waals surface area contributed by atoms with Crippen molar-refractivity contribution in [3.05, 3.63) is 35.4 Å². The van der Waals surface area contributed by atoms with Crippen molar-refractivity contribution in [2.45, 2.75) is 123 Å². The van der Waals surface area contributed by atoms with Crippen LogP contribution in [-0.2, 0) is 14.4 Å². The van der Waals surface area contributed by atoms with Crippen molar-refractivity contribution < 1.29 is 23.2 Å². The minimum Gasteiger partial charge on any atom is -0.341 e. The summed E-state index contributed by atoms with van der Waals surface area (Å²) in [5, 5.41) is 0. The molecule has 250 valence electrons.